The summed E-state index contributed by atoms with van der Waals surface area (Å²) in [6.45, 7) is 4.52. The monoisotopic (exact) mass is 459 g/mol. The molecule has 0 N–H and O–H groups in total. The third kappa shape index (κ3) is 4.84. The topological polar surface area (TPSA) is 73.1 Å². The molecule has 0 radical (unpaired) electrons. The second kappa shape index (κ2) is 9.21. The number of carbonyl (C=O) groups is 1. The first-order valence-corrected chi connectivity index (χ1v) is 10.7. The van der Waals surface area contributed by atoms with Crippen LogP contribution in [0.1, 0.15) is 42.6 Å². The molecule has 10 heteroatoms. The van der Waals surface area contributed by atoms with Crippen molar-refractivity contribution in [1.82, 2.24) is 24.9 Å². The van der Waals surface area contributed by atoms with Crippen LogP contribution in [0.15, 0.2) is 55.0 Å². The average Bonchev–Trinajstić information content (AvgIpc) is 3.47. The van der Waals surface area contributed by atoms with Gasteiger partial charge in [0, 0.05) is 18.8 Å². The number of para-hydroxylation sites is 1. The van der Waals surface area contributed by atoms with E-state index in [-0.39, 0.29) is 23.7 Å². The number of benzene rings is 1. The zero-order valence-corrected chi connectivity index (χ0v) is 18.2. The maximum Gasteiger partial charge on any atom is 0.417 e. The molecule has 1 aliphatic rings. The van der Waals surface area contributed by atoms with E-state index in [1.165, 1.54) is 10.9 Å². The lowest BCUT2D eigenvalue weighted by Crippen LogP contribution is -2.45. The average molecular weight is 459 g/mol. The number of rotatable bonds is 6. The molecule has 3 heterocycles. The van der Waals surface area contributed by atoms with Gasteiger partial charge in [0.25, 0.3) is 5.91 Å². The normalized spacial score (nSPS) is 19.5. The van der Waals surface area contributed by atoms with E-state index in [1.54, 1.807) is 35.5 Å². The van der Waals surface area contributed by atoms with Gasteiger partial charge in [-0.25, -0.2) is 4.98 Å². The first kappa shape index (κ1) is 22.8. The molecular weight excluding hydrogens is 435 g/mol. The summed E-state index contributed by atoms with van der Waals surface area (Å²) in [5.41, 5.74) is 0.206. The fourth-order valence-electron chi connectivity index (χ4n) is 4.20. The molecule has 0 spiro atoms. The Hall–Kier alpha value is -3.43. The summed E-state index contributed by atoms with van der Waals surface area (Å²) in [5.74, 6) is 0.176. The Morgan fingerprint density at radius 2 is 1.91 bits per heavy atom. The molecule has 3 aromatic rings. The van der Waals surface area contributed by atoms with Gasteiger partial charge in [-0.3, -0.25) is 4.79 Å². The van der Waals surface area contributed by atoms with Gasteiger partial charge in [-0.15, -0.1) is 0 Å². The van der Waals surface area contributed by atoms with Crippen LogP contribution in [0.2, 0.25) is 0 Å². The van der Waals surface area contributed by atoms with E-state index in [0.717, 1.165) is 12.3 Å². The first-order valence-electron chi connectivity index (χ1n) is 10.7. The molecule has 3 atom stereocenters. The predicted molar refractivity (Wildman–Crippen MR) is 114 cm³/mol. The Morgan fingerprint density at radius 1 is 1.18 bits per heavy atom. The van der Waals surface area contributed by atoms with Crippen molar-refractivity contribution in [2.45, 2.75) is 45.0 Å². The van der Waals surface area contributed by atoms with E-state index in [1.807, 2.05) is 13.0 Å². The number of hydrogen-bond donors (Lipinski definition) is 0. The fourth-order valence-corrected chi connectivity index (χ4v) is 4.20. The maximum atomic E-state index is 13.6. The van der Waals surface area contributed by atoms with Crippen LogP contribution in [-0.4, -0.2) is 49.5 Å². The summed E-state index contributed by atoms with van der Waals surface area (Å²) in [6.07, 6.45) is 0.240. The zero-order valence-electron chi connectivity index (χ0n) is 18.2. The van der Waals surface area contributed by atoms with E-state index >= 15 is 0 Å². The molecule has 33 heavy (non-hydrogen) atoms. The summed E-state index contributed by atoms with van der Waals surface area (Å²) in [6, 6.07) is 9.03. The number of nitrogens with zero attached hydrogens (tertiary/aromatic N) is 5. The van der Waals surface area contributed by atoms with Crippen LogP contribution in [-0.2, 0) is 6.18 Å². The minimum atomic E-state index is -4.46. The molecule has 7 nitrogen and oxygen atoms in total. The van der Waals surface area contributed by atoms with Gasteiger partial charge in [-0.1, -0.05) is 26.0 Å². The van der Waals surface area contributed by atoms with Crippen molar-refractivity contribution in [3.8, 4) is 11.6 Å². The van der Waals surface area contributed by atoms with Gasteiger partial charge < -0.3 is 9.64 Å². The van der Waals surface area contributed by atoms with E-state index in [9.17, 15) is 18.0 Å². The Kier molecular flexibility index (Phi) is 6.35. The highest BCUT2D eigenvalue weighted by atomic mass is 19.4. The van der Waals surface area contributed by atoms with Gasteiger partial charge in [0.05, 0.1) is 35.2 Å². The van der Waals surface area contributed by atoms with Gasteiger partial charge in [0.2, 0.25) is 5.88 Å². The number of halogens is 3. The first-order chi connectivity index (χ1) is 15.8. The van der Waals surface area contributed by atoms with Gasteiger partial charge in [0.1, 0.15) is 6.10 Å². The summed E-state index contributed by atoms with van der Waals surface area (Å²) >= 11 is 0. The van der Waals surface area contributed by atoms with Crippen LogP contribution in [0.25, 0.3) is 5.69 Å². The molecule has 1 saturated heterocycles. The lowest BCUT2D eigenvalue weighted by atomic mass is 10.0. The van der Waals surface area contributed by atoms with E-state index in [0.29, 0.717) is 30.6 Å². The molecule has 0 saturated carbocycles. The number of aromatic nitrogens is 4. The van der Waals surface area contributed by atoms with E-state index in [2.05, 4.69) is 22.1 Å². The van der Waals surface area contributed by atoms with Crippen LogP contribution < -0.4 is 4.74 Å². The lowest BCUT2D eigenvalue weighted by molar-refractivity contribution is -0.137. The smallest absolute Gasteiger partial charge is 0.417 e. The molecule has 174 valence electrons. The fraction of sp³-hybridized carbons (Fsp3) is 0.391. The number of carbonyl (C=O) groups excluding carboxylic acids is 1. The quantitative estimate of drug-likeness (QED) is 0.547. The highest BCUT2D eigenvalue weighted by Gasteiger charge is 2.40. The van der Waals surface area contributed by atoms with Crippen LogP contribution in [0, 0.1) is 5.92 Å². The van der Waals surface area contributed by atoms with Crippen LogP contribution in [0.4, 0.5) is 13.2 Å². The standard InChI is InChI=1S/C23H24F3N5O2/c1-3-20(33-21-9-8-16(13-27-21)23(24,25)26)19-12-15(2)14-30(19)22(32)17-6-4-5-7-18(17)31-28-10-11-29-31/h4-11,13,15,19-20H,3,12,14H2,1-2H3. The van der Waals surface area contributed by atoms with Gasteiger partial charge in [-0.05, 0) is 37.0 Å². The number of amides is 1. The summed E-state index contributed by atoms with van der Waals surface area (Å²) in [7, 11) is 0. The maximum absolute atomic E-state index is 13.6. The molecule has 0 bridgehead atoms. The second-order valence-electron chi connectivity index (χ2n) is 8.15. The van der Waals surface area contributed by atoms with Gasteiger partial charge in [0.15, 0.2) is 0 Å². The molecule has 2 aromatic heterocycles. The predicted octanol–water partition coefficient (Wildman–Crippen LogP) is 4.39. The minimum Gasteiger partial charge on any atom is -0.472 e. The Balaban J connectivity index is 1.58. The van der Waals surface area contributed by atoms with E-state index in [4.69, 9.17) is 4.74 Å². The molecule has 1 aromatic carbocycles. The minimum absolute atomic E-state index is 0.0999. The molecule has 3 unspecified atom stereocenters. The Bertz CT molecular complexity index is 1090. The van der Waals surface area contributed by atoms with Crippen molar-refractivity contribution >= 4 is 5.91 Å². The molecule has 0 aliphatic carbocycles. The molecule has 1 amide bonds. The highest BCUT2D eigenvalue weighted by Crippen LogP contribution is 2.32. The second-order valence-corrected chi connectivity index (χ2v) is 8.15. The van der Waals surface area contributed by atoms with Crippen molar-refractivity contribution in [1.29, 1.82) is 0 Å². The van der Waals surface area contributed by atoms with Gasteiger partial charge >= 0.3 is 6.18 Å². The van der Waals surface area contributed by atoms with Crippen molar-refractivity contribution in [3.05, 3.63) is 66.1 Å². The Morgan fingerprint density at radius 3 is 2.55 bits per heavy atom. The molecule has 4 rings (SSSR count). The number of pyridine rings is 1. The third-order valence-electron chi connectivity index (χ3n) is 5.75. The third-order valence-corrected chi connectivity index (χ3v) is 5.75. The number of ether oxygens (including phenoxy) is 1. The van der Waals surface area contributed by atoms with Crippen LogP contribution >= 0.6 is 0 Å². The highest BCUT2D eigenvalue weighted by molar-refractivity contribution is 5.98. The number of alkyl halides is 3. The Labute approximate surface area is 189 Å². The molecule has 1 fully saturated rings. The summed E-state index contributed by atoms with van der Waals surface area (Å²) in [5, 5.41) is 8.29. The number of hydrogen-bond acceptors (Lipinski definition) is 5. The molecular formula is C23H24F3N5O2. The van der Waals surface area contributed by atoms with Crippen LogP contribution in [0.3, 0.4) is 0 Å². The van der Waals surface area contributed by atoms with Crippen molar-refractivity contribution in [2.75, 3.05) is 6.54 Å². The zero-order chi connectivity index (χ0) is 23.6. The largest absolute Gasteiger partial charge is 0.472 e. The lowest BCUT2D eigenvalue weighted by Gasteiger charge is -2.31. The summed E-state index contributed by atoms with van der Waals surface area (Å²) in [4.78, 5) is 20.6. The van der Waals surface area contributed by atoms with Crippen molar-refractivity contribution in [3.63, 3.8) is 0 Å². The van der Waals surface area contributed by atoms with Crippen molar-refractivity contribution in [2.24, 2.45) is 5.92 Å². The number of likely N-dealkylation sites (tertiary alicyclic amines) is 1. The van der Waals surface area contributed by atoms with E-state index < -0.39 is 17.8 Å². The van der Waals surface area contributed by atoms with Crippen molar-refractivity contribution < 1.29 is 22.7 Å². The van der Waals surface area contributed by atoms with Gasteiger partial charge in [-0.2, -0.15) is 28.2 Å². The summed E-state index contributed by atoms with van der Waals surface area (Å²) < 4.78 is 44.5. The SMILES string of the molecule is CCC(Oc1ccc(C(F)(F)F)cn1)C1CC(C)CN1C(=O)c1ccccc1-n1nccn1. The molecule has 1 aliphatic heterocycles. The van der Waals surface area contributed by atoms with Crippen LogP contribution in [0.5, 0.6) is 5.88 Å².